The fourth-order valence-corrected chi connectivity index (χ4v) is 2.02. The normalized spacial score (nSPS) is 16.7. The summed E-state index contributed by atoms with van der Waals surface area (Å²) in [5, 5.41) is 8.00. The van der Waals surface area contributed by atoms with Crippen LogP contribution in [0.4, 0.5) is 0 Å². The quantitative estimate of drug-likeness (QED) is 0.761. The molecule has 0 aliphatic heterocycles. The van der Waals surface area contributed by atoms with Crippen LogP contribution in [-0.4, -0.2) is 40.0 Å². The standard InChI is InChI=1S/C11H21N5/c1-15(8-10-3-2-4-10)5-6-16-9-11(7-12)13-14-16/h9-10H,2-8,12H2,1H3. The lowest BCUT2D eigenvalue weighted by Crippen LogP contribution is -2.31. The van der Waals surface area contributed by atoms with E-state index < -0.39 is 0 Å². The summed E-state index contributed by atoms with van der Waals surface area (Å²) in [6.45, 7) is 3.62. The Labute approximate surface area is 96.6 Å². The molecule has 0 unspecified atom stereocenters. The zero-order chi connectivity index (χ0) is 11.4. The molecule has 0 radical (unpaired) electrons. The lowest BCUT2D eigenvalue weighted by atomic mass is 9.85. The fraction of sp³-hybridized carbons (Fsp3) is 0.818. The maximum absolute atomic E-state index is 5.48. The maximum atomic E-state index is 5.48. The van der Waals surface area contributed by atoms with E-state index in [1.165, 1.54) is 25.8 Å². The molecule has 0 aromatic carbocycles. The maximum Gasteiger partial charge on any atom is 0.0962 e. The van der Waals surface area contributed by atoms with Gasteiger partial charge in [0.15, 0.2) is 0 Å². The third-order valence-corrected chi connectivity index (χ3v) is 3.30. The van der Waals surface area contributed by atoms with E-state index in [0.29, 0.717) is 6.54 Å². The molecule has 0 spiro atoms. The number of hydrogen-bond donors (Lipinski definition) is 1. The van der Waals surface area contributed by atoms with Crippen molar-refractivity contribution in [2.75, 3.05) is 20.1 Å². The predicted octanol–water partition coefficient (Wildman–Crippen LogP) is 0.469. The smallest absolute Gasteiger partial charge is 0.0962 e. The van der Waals surface area contributed by atoms with E-state index in [9.17, 15) is 0 Å². The Morgan fingerprint density at radius 2 is 2.38 bits per heavy atom. The molecule has 0 bridgehead atoms. The van der Waals surface area contributed by atoms with Crippen LogP contribution in [-0.2, 0) is 13.1 Å². The van der Waals surface area contributed by atoms with Crippen molar-refractivity contribution in [3.63, 3.8) is 0 Å². The second-order valence-corrected chi connectivity index (χ2v) is 4.74. The molecule has 1 fully saturated rings. The molecule has 1 heterocycles. The van der Waals surface area contributed by atoms with Crippen LogP contribution in [0.3, 0.4) is 0 Å². The van der Waals surface area contributed by atoms with Gasteiger partial charge in [-0.1, -0.05) is 11.6 Å². The number of nitrogens with two attached hydrogens (primary N) is 1. The molecule has 0 amide bonds. The largest absolute Gasteiger partial charge is 0.325 e. The number of rotatable bonds is 6. The van der Waals surface area contributed by atoms with Crippen LogP contribution < -0.4 is 5.73 Å². The Balaban J connectivity index is 1.69. The molecule has 0 saturated heterocycles. The third-order valence-electron chi connectivity index (χ3n) is 3.30. The predicted molar refractivity (Wildman–Crippen MR) is 62.8 cm³/mol. The van der Waals surface area contributed by atoms with Crippen molar-refractivity contribution in [3.8, 4) is 0 Å². The van der Waals surface area contributed by atoms with Crippen LogP contribution in [0.1, 0.15) is 25.0 Å². The molecule has 5 nitrogen and oxygen atoms in total. The second kappa shape index (κ2) is 5.41. The topological polar surface area (TPSA) is 60.0 Å². The molecule has 5 heteroatoms. The second-order valence-electron chi connectivity index (χ2n) is 4.74. The van der Waals surface area contributed by atoms with E-state index in [1.807, 2.05) is 10.9 Å². The first-order valence-electron chi connectivity index (χ1n) is 6.05. The van der Waals surface area contributed by atoms with E-state index in [2.05, 4.69) is 22.3 Å². The summed E-state index contributed by atoms with van der Waals surface area (Å²) >= 11 is 0. The fourth-order valence-electron chi connectivity index (χ4n) is 2.02. The summed E-state index contributed by atoms with van der Waals surface area (Å²) in [4.78, 5) is 2.38. The van der Waals surface area contributed by atoms with E-state index in [0.717, 1.165) is 24.7 Å². The van der Waals surface area contributed by atoms with Crippen molar-refractivity contribution in [2.45, 2.75) is 32.4 Å². The monoisotopic (exact) mass is 223 g/mol. The Morgan fingerprint density at radius 1 is 1.56 bits per heavy atom. The van der Waals surface area contributed by atoms with E-state index >= 15 is 0 Å². The van der Waals surface area contributed by atoms with E-state index in [-0.39, 0.29) is 0 Å². The first-order valence-corrected chi connectivity index (χ1v) is 6.05. The van der Waals surface area contributed by atoms with Crippen molar-refractivity contribution < 1.29 is 0 Å². The summed E-state index contributed by atoms with van der Waals surface area (Å²) in [5.74, 6) is 0.931. The van der Waals surface area contributed by atoms with Gasteiger partial charge in [-0.3, -0.25) is 4.68 Å². The van der Waals surface area contributed by atoms with Crippen LogP contribution >= 0.6 is 0 Å². The highest BCUT2D eigenvalue weighted by molar-refractivity contribution is 4.90. The third kappa shape index (κ3) is 3.02. The first kappa shape index (κ1) is 11.5. The van der Waals surface area contributed by atoms with Gasteiger partial charge >= 0.3 is 0 Å². The van der Waals surface area contributed by atoms with Crippen LogP contribution in [0.15, 0.2) is 6.20 Å². The molecule has 1 aliphatic rings. The molecule has 2 N–H and O–H groups in total. The Bertz CT molecular complexity index is 318. The van der Waals surface area contributed by atoms with Gasteiger partial charge in [0.2, 0.25) is 0 Å². The average Bonchev–Trinajstić information content (AvgIpc) is 2.68. The highest BCUT2D eigenvalue weighted by Gasteiger charge is 2.18. The lowest BCUT2D eigenvalue weighted by Gasteiger charge is -2.29. The van der Waals surface area contributed by atoms with Crippen molar-refractivity contribution in [1.29, 1.82) is 0 Å². The summed E-state index contributed by atoms with van der Waals surface area (Å²) in [6, 6.07) is 0. The van der Waals surface area contributed by atoms with Gasteiger partial charge < -0.3 is 10.6 Å². The highest BCUT2D eigenvalue weighted by Crippen LogP contribution is 2.26. The molecular formula is C11H21N5. The van der Waals surface area contributed by atoms with Crippen LogP contribution in [0, 0.1) is 5.92 Å². The molecule has 0 atom stereocenters. The van der Waals surface area contributed by atoms with E-state index in [4.69, 9.17) is 5.73 Å². The number of likely N-dealkylation sites (N-methyl/N-ethyl adjacent to an activating group) is 1. The summed E-state index contributed by atoms with van der Waals surface area (Å²) in [6.07, 6.45) is 6.16. The summed E-state index contributed by atoms with van der Waals surface area (Å²) in [5.41, 5.74) is 6.35. The molecule has 16 heavy (non-hydrogen) atoms. The van der Waals surface area contributed by atoms with Crippen molar-refractivity contribution in [3.05, 3.63) is 11.9 Å². The van der Waals surface area contributed by atoms with Gasteiger partial charge in [-0.15, -0.1) is 5.10 Å². The van der Waals surface area contributed by atoms with Crippen LogP contribution in [0.5, 0.6) is 0 Å². The first-order chi connectivity index (χ1) is 7.78. The molecule has 2 rings (SSSR count). The minimum Gasteiger partial charge on any atom is -0.325 e. The summed E-state index contributed by atoms with van der Waals surface area (Å²) in [7, 11) is 2.18. The highest BCUT2D eigenvalue weighted by atomic mass is 15.4. The SMILES string of the molecule is CN(CCn1cc(CN)nn1)CC1CCC1. The van der Waals surface area contributed by atoms with Gasteiger partial charge in [0.1, 0.15) is 0 Å². The average molecular weight is 223 g/mol. The molecule has 1 aromatic rings. The van der Waals surface area contributed by atoms with Gasteiger partial charge in [-0.25, -0.2) is 0 Å². The summed E-state index contributed by atoms with van der Waals surface area (Å²) < 4.78 is 1.87. The van der Waals surface area contributed by atoms with Crippen molar-refractivity contribution >= 4 is 0 Å². The number of aromatic nitrogens is 3. The van der Waals surface area contributed by atoms with Crippen molar-refractivity contribution in [2.24, 2.45) is 11.7 Å². The minimum absolute atomic E-state index is 0.470. The van der Waals surface area contributed by atoms with Gasteiger partial charge in [0.05, 0.1) is 12.2 Å². The molecule has 90 valence electrons. The van der Waals surface area contributed by atoms with Gasteiger partial charge in [0, 0.05) is 25.8 Å². The number of hydrogen-bond acceptors (Lipinski definition) is 4. The lowest BCUT2D eigenvalue weighted by molar-refractivity contribution is 0.199. The number of nitrogens with zero attached hydrogens (tertiary/aromatic N) is 4. The van der Waals surface area contributed by atoms with Gasteiger partial charge in [-0.05, 0) is 25.8 Å². The molecule has 1 aromatic heterocycles. The van der Waals surface area contributed by atoms with Crippen LogP contribution in [0.2, 0.25) is 0 Å². The Kier molecular flexibility index (Phi) is 3.90. The Hall–Kier alpha value is -0.940. The minimum atomic E-state index is 0.470. The van der Waals surface area contributed by atoms with Crippen molar-refractivity contribution in [1.82, 2.24) is 19.9 Å². The van der Waals surface area contributed by atoms with Gasteiger partial charge in [-0.2, -0.15) is 0 Å². The zero-order valence-corrected chi connectivity index (χ0v) is 9.97. The Morgan fingerprint density at radius 3 is 2.94 bits per heavy atom. The molecule has 1 saturated carbocycles. The van der Waals surface area contributed by atoms with Gasteiger partial charge in [0.25, 0.3) is 0 Å². The molecule has 1 aliphatic carbocycles. The zero-order valence-electron chi connectivity index (χ0n) is 9.97. The van der Waals surface area contributed by atoms with E-state index in [1.54, 1.807) is 0 Å². The molecular weight excluding hydrogens is 202 g/mol. The van der Waals surface area contributed by atoms with Crippen LogP contribution in [0.25, 0.3) is 0 Å².